The van der Waals surface area contributed by atoms with Crippen molar-refractivity contribution in [2.45, 2.75) is 33.4 Å². The van der Waals surface area contributed by atoms with Crippen molar-refractivity contribution in [2.24, 2.45) is 0 Å². The highest BCUT2D eigenvalue weighted by Crippen LogP contribution is 2.39. The fraction of sp³-hybridized carbons (Fsp3) is 0.318. The van der Waals surface area contributed by atoms with Gasteiger partial charge in [0.25, 0.3) is 0 Å². The standard InChI is InChI=1S/C22H25NO3/c1-5-26-22(24)16(3)20-18-12-11-15(2)13-19(18)23(14-25-4)21(20)17-9-7-6-8-10-17/h6-13,16H,5,14H2,1-4H3. The van der Waals surface area contributed by atoms with Crippen LogP contribution in [0.3, 0.4) is 0 Å². The van der Waals surface area contributed by atoms with Crippen molar-refractivity contribution in [3.63, 3.8) is 0 Å². The lowest BCUT2D eigenvalue weighted by Crippen LogP contribution is -2.14. The number of aryl methyl sites for hydroxylation is 1. The molecule has 1 aromatic heterocycles. The van der Waals surface area contributed by atoms with Gasteiger partial charge in [-0.1, -0.05) is 42.5 Å². The van der Waals surface area contributed by atoms with Gasteiger partial charge in [-0.25, -0.2) is 0 Å². The zero-order valence-corrected chi connectivity index (χ0v) is 15.8. The van der Waals surface area contributed by atoms with Crippen molar-refractivity contribution >= 4 is 16.9 Å². The molecule has 0 spiro atoms. The van der Waals surface area contributed by atoms with Crippen LogP contribution >= 0.6 is 0 Å². The average molecular weight is 351 g/mol. The van der Waals surface area contributed by atoms with Crippen LogP contribution in [-0.4, -0.2) is 24.3 Å². The first kappa shape index (κ1) is 18.2. The van der Waals surface area contributed by atoms with E-state index in [1.165, 1.54) is 5.56 Å². The van der Waals surface area contributed by atoms with Crippen LogP contribution in [-0.2, 0) is 21.0 Å². The van der Waals surface area contributed by atoms with E-state index in [2.05, 4.69) is 41.8 Å². The number of hydrogen-bond acceptors (Lipinski definition) is 3. The molecular weight excluding hydrogens is 326 g/mol. The topological polar surface area (TPSA) is 40.5 Å². The first-order chi connectivity index (χ1) is 12.6. The number of aromatic nitrogens is 1. The van der Waals surface area contributed by atoms with Crippen molar-refractivity contribution in [2.75, 3.05) is 13.7 Å². The van der Waals surface area contributed by atoms with E-state index in [1.807, 2.05) is 32.0 Å². The van der Waals surface area contributed by atoms with Crippen LogP contribution in [0, 0.1) is 6.92 Å². The summed E-state index contributed by atoms with van der Waals surface area (Å²) in [6.45, 7) is 6.61. The average Bonchev–Trinajstić information content (AvgIpc) is 2.96. The van der Waals surface area contributed by atoms with Crippen molar-refractivity contribution in [1.82, 2.24) is 4.57 Å². The Kier molecular flexibility index (Phi) is 5.43. The highest BCUT2D eigenvalue weighted by Gasteiger charge is 2.27. The Labute approximate surface area is 154 Å². The molecule has 0 aliphatic heterocycles. The van der Waals surface area contributed by atoms with E-state index in [0.29, 0.717) is 13.3 Å². The molecule has 0 N–H and O–H groups in total. The number of carbonyl (C=O) groups excluding carboxylic acids is 1. The SMILES string of the molecule is CCOC(=O)C(C)c1c(-c2ccccc2)n(COC)c2cc(C)ccc12. The van der Waals surface area contributed by atoms with E-state index >= 15 is 0 Å². The second-order valence-electron chi connectivity index (χ2n) is 6.47. The number of carbonyl (C=O) groups is 1. The first-order valence-corrected chi connectivity index (χ1v) is 8.92. The summed E-state index contributed by atoms with van der Waals surface area (Å²) in [5, 5.41) is 1.06. The summed E-state index contributed by atoms with van der Waals surface area (Å²) in [5.41, 5.74) is 5.29. The van der Waals surface area contributed by atoms with Gasteiger partial charge in [-0.3, -0.25) is 4.79 Å². The minimum Gasteiger partial charge on any atom is -0.466 e. The molecular formula is C22H25NO3. The predicted octanol–water partition coefficient (Wildman–Crippen LogP) is 4.89. The Bertz CT molecular complexity index is 912. The molecule has 0 amide bonds. The Morgan fingerprint density at radius 1 is 1.15 bits per heavy atom. The lowest BCUT2D eigenvalue weighted by Gasteiger charge is -2.15. The quantitative estimate of drug-likeness (QED) is 0.594. The minimum atomic E-state index is -0.367. The van der Waals surface area contributed by atoms with E-state index in [-0.39, 0.29) is 11.9 Å². The fourth-order valence-corrected chi connectivity index (χ4v) is 3.48. The molecule has 0 fully saturated rings. The van der Waals surface area contributed by atoms with Gasteiger partial charge >= 0.3 is 5.97 Å². The van der Waals surface area contributed by atoms with Crippen LogP contribution in [0.2, 0.25) is 0 Å². The number of methoxy groups -OCH3 is 1. The van der Waals surface area contributed by atoms with Gasteiger partial charge < -0.3 is 14.0 Å². The van der Waals surface area contributed by atoms with Crippen LogP contribution in [0.4, 0.5) is 0 Å². The van der Waals surface area contributed by atoms with Crippen molar-refractivity contribution < 1.29 is 14.3 Å². The van der Waals surface area contributed by atoms with Gasteiger partial charge in [0, 0.05) is 12.5 Å². The third-order valence-corrected chi connectivity index (χ3v) is 4.64. The van der Waals surface area contributed by atoms with E-state index in [4.69, 9.17) is 9.47 Å². The van der Waals surface area contributed by atoms with E-state index in [1.54, 1.807) is 7.11 Å². The largest absolute Gasteiger partial charge is 0.466 e. The number of fused-ring (bicyclic) bond motifs is 1. The molecule has 0 saturated carbocycles. The molecule has 0 aliphatic carbocycles. The number of esters is 1. The second-order valence-corrected chi connectivity index (χ2v) is 6.47. The lowest BCUT2D eigenvalue weighted by molar-refractivity contribution is -0.144. The second kappa shape index (κ2) is 7.75. The molecule has 0 aliphatic rings. The molecule has 4 heteroatoms. The number of nitrogens with zero attached hydrogens (tertiary/aromatic N) is 1. The van der Waals surface area contributed by atoms with Crippen LogP contribution in [0.25, 0.3) is 22.2 Å². The molecule has 0 bridgehead atoms. The molecule has 2 aromatic carbocycles. The molecule has 1 atom stereocenters. The van der Waals surface area contributed by atoms with Gasteiger partial charge in [-0.05, 0) is 43.5 Å². The number of rotatable bonds is 6. The maximum atomic E-state index is 12.5. The molecule has 136 valence electrons. The number of benzene rings is 2. The van der Waals surface area contributed by atoms with Gasteiger partial charge in [0.2, 0.25) is 0 Å². The summed E-state index contributed by atoms with van der Waals surface area (Å²) in [4.78, 5) is 12.5. The first-order valence-electron chi connectivity index (χ1n) is 8.92. The monoisotopic (exact) mass is 351 g/mol. The van der Waals surface area contributed by atoms with Crippen LogP contribution in [0.5, 0.6) is 0 Å². The Hall–Kier alpha value is -2.59. The molecule has 0 saturated heterocycles. The molecule has 3 aromatic rings. The molecule has 26 heavy (non-hydrogen) atoms. The molecule has 3 rings (SSSR count). The zero-order valence-electron chi connectivity index (χ0n) is 15.8. The van der Waals surface area contributed by atoms with Gasteiger partial charge in [-0.2, -0.15) is 0 Å². The third-order valence-electron chi connectivity index (χ3n) is 4.64. The van der Waals surface area contributed by atoms with E-state index in [0.717, 1.165) is 27.7 Å². The van der Waals surface area contributed by atoms with Gasteiger partial charge in [0.1, 0.15) is 6.73 Å². The third kappa shape index (κ3) is 3.25. The highest BCUT2D eigenvalue weighted by atomic mass is 16.5. The molecule has 1 unspecified atom stereocenters. The van der Waals surface area contributed by atoms with Crippen LogP contribution in [0.1, 0.15) is 30.9 Å². The summed E-state index contributed by atoms with van der Waals surface area (Å²) in [5.74, 6) is -0.574. The Balaban J connectivity index is 2.34. The summed E-state index contributed by atoms with van der Waals surface area (Å²) in [6, 6.07) is 16.4. The smallest absolute Gasteiger partial charge is 0.313 e. The van der Waals surface area contributed by atoms with Crippen molar-refractivity contribution in [3.8, 4) is 11.3 Å². The summed E-state index contributed by atoms with van der Waals surface area (Å²) >= 11 is 0. The van der Waals surface area contributed by atoms with Crippen LogP contribution < -0.4 is 0 Å². The van der Waals surface area contributed by atoms with Gasteiger partial charge in [0.05, 0.1) is 23.7 Å². The number of ether oxygens (including phenoxy) is 2. The maximum Gasteiger partial charge on any atom is 0.313 e. The summed E-state index contributed by atoms with van der Waals surface area (Å²) in [6.07, 6.45) is 0. The van der Waals surface area contributed by atoms with E-state index < -0.39 is 0 Å². The predicted molar refractivity (Wildman–Crippen MR) is 104 cm³/mol. The van der Waals surface area contributed by atoms with Gasteiger partial charge in [0.15, 0.2) is 0 Å². The van der Waals surface area contributed by atoms with Crippen molar-refractivity contribution in [3.05, 3.63) is 59.7 Å². The normalized spacial score (nSPS) is 12.3. The lowest BCUT2D eigenvalue weighted by atomic mass is 9.94. The highest BCUT2D eigenvalue weighted by molar-refractivity contribution is 5.97. The number of hydrogen-bond donors (Lipinski definition) is 0. The van der Waals surface area contributed by atoms with Crippen molar-refractivity contribution in [1.29, 1.82) is 0 Å². The Morgan fingerprint density at radius 2 is 1.88 bits per heavy atom. The molecule has 1 heterocycles. The van der Waals surface area contributed by atoms with E-state index in [9.17, 15) is 4.79 Å². The summed E-state index contributed by atoms with van der Waals surface area (Å²) < 4.78 is 12.9. The minimum absolute atomic E-state index is 0.207. The van der Waals surface area contributed by atoms with Gasteiger partial charge in [-0.15, -0.1) is 0 Å². The van der Waals surface area contributed by atoms with Crippen LogP contribution in [0.15, 0.2) is 48.5 Å². The zero-order chi connectivity index (χ0) is 18.7. The maximum absolute atomic E-state index is 12.5. The molecule has 0 radical (unpaired) electrons. The summed E-state index contributed by atoms with van der Waals surface area (Å²) in [7, 11) is 1.69. The Morgan fingerprint density at radius 3 is 2.54 bits per heavy atom. The molecule has 4 nitrogen and oxygen atoms in total. The fourth-order valence-electron chi connectivity index (χ4n) is 3.48.